The number of methoxy groups -OCH3 is 1. The molecular weight excluding hydrogens is 853 g/mol. The summed E-state index contributed by atoms with van der Waals surface area (Å²) in [6, 6.07) is 14.7. The number of hydrogen-bond acceptors (Lipinski definition) is 8. The maximum atomic E-state index is 14.7. The summed E-state index contributed by atoms with van der Waals surface area (Å²) in [7, 11) is 1.21. The van der Waals surface area contributed by atoms with E-state index in [0.717, 1.165) is 63.5 Å². The highest BCUT2D eigenvalue weighted by molar-refractivity contribution is 6.34. The second kappa shape index (κ2) is 22.2. The van der Waals surface area contributed by atoms with Crippen molar-refractivity contribution in [2.75, 3.05) is 88.9 Å². The molecule has 4 amide bonds. The van der Waals surface area contributed by atoms with Crippen molar-refractivity contribution < 1.29 is 41.5 Å². The van der Waals surface area contributed by atoms with Crippen molar-refractivity contribution >= 4 is 58.4 Å². The van der Waals surface area contributed by atoms with E-state index in [0.29, 0.717) is 26.2 Å². The van der Waals surface area contributed by atoms with Crippen molar-refractivity contribution in [2.45, 2.75) is 26.9 Å². The molecule has 0 saturated carbocycles. The third kappa shape index (κ3) is 12.0. The van der Waals surface area contributed by atoms with Gasteiger partial charge in [-0.25, -0.2) is 31.9 Å². The summed E-state index contributed by atoms with van der Waals surface area (Å²) in [6.45, 7) is 10.4. The molecule has 0 unspecified atom stereocenters. The number of ether oxygens (including phenoxy) is 1. The maximum absolute atomic E-state index is 14.7. The minimum atomic E-state index is -0.659. The van der Waals surface area contributed by atoms with E-state index < -0.39 is 29.2 Å². The predicted molar refractivity (Wildman–Crippen MR) is 231 cm³/mol. The fourth-order valence-corrected chi connectivity index (χ4v) is 7.53. The van der Waals surface area contributed by atoms with Crippen molar-refractivity contribution in [3.8, 4) is 0 Å². The molecule has 12 nitrogen and oxygen atoms in total. The summed E-state index contributed by atoms with van der Waals surface area (Å²) in [5, 5.41) is 0.100. The Bertz CT molecular complexity index is 2080. The van der Waals surface area contributed by atoms with Crippen molar-refractivity contribution in [1.29, 1.82) is 0 Å². The Morgan fingerprint density at radius 2 is 1.02 bits per heavy atom. The first-order chi connectivity index (χ1) is 29.7. The van der Waals surface area contributed by atoms with Gasteiger partial charge in [-0.2, -0.15) is 0 Å². The predicted octanol–water partition coefficient (Wildman–Crippen LogP) is 7.69. The number of esters is 1. The molecule has 6 rings (SSSR count). The number of benzene rings is 4. The molecule has 2 N–H and O–H groups in total. The number of amides is 4. The van der Waals surface area contributed by atoms with Gasteiger partial charge in [-0.1, -0.05) is 55.2 Å². The van der Waals surface area contributed by atoms with Crippen LogP contribution in [-0.4, -0.2) is 123 Å². The molecule has 332 valence electrons. The van der Waals surface area contributed by atoms with Gasteiger partial charge in [0.05, 0.1) is 53.7 Å². The van der Waals surface area contributed by atoms with Crippen LogP contribution >= 0.6 is 23.2 Å². The highest BCUT2D eigenvalue weighted by Gasteiger charge is 2.30. The van der Waals surface area contributed by atoms with E-state index in [1.54, 1.807) is 9.80 Å². The van der Waals surface area contributed by atoms with Gasteiger partial charge in [0.25, 0.3) is 0 Å². The molecular formula is C44H49Cl2F4N7O5. The van der Waals surface area contributed by atoms with E-state index in [2.05, 4.69) is 28.4 Å². The third-order valence-corrected chi connectivity index (χ3v) is 11.3. The number of hydrogen-bond donors (Lipinski definition) is 1. The van der Waals surface area contributed by atoms with E-state index in [9.17, 15) is 36.7 Å². The summed E-state index contributed by atoms with van der Waals surface area (Å²) in [5.41, 5.74) is 6.53. The molecule has 2 aliphatic heterocycles. The van der Waals surface area contributed by atoms with Crippen LogP contribution in [0.3, 0.4) is 0 Å². The highest BCUT2D eigenvalue weighted by Crippen LogP contribution is 2.32. The van der Waals surface area contributed by atoms with Gasteiger partial charge in [-0.05, 0) is 67.7 Å². The second-order valence-electron chi connectivity index (χ2n) is 14.5. The quantitative estimate of drug-likeness (QED) is 0.0925. The van der Waals surface area contributed by atoms with Crippen molar-refractivity contribution in [1.82, 2.24) is 19.6 Å². The van der Waals surface area contributed by atoms with Gasteiger partial charge in [0.1, 0.15) is 23.3 Å². The molecule has 0 aliphatic carbocycles. The molecule has 2 heterocycles. The van der Waals surface area contributed by atoms with Gasteiger partial charge >= 0.3 is 18.0 Å². The molecule has 4 aromatic rings. The third-order valence-electron chi connectivity index (χ3n) is 10.7. The molecule has 2 aliphatic rings. The van der Waals surface area contributed by atoms with Gasteiger partial charge in [0.2, 0.25) is 0 Å². The van der Waals surface area contributed by atoms with Crippen molar-refractivity contribution in [2.24, 2.45) is 5.73 Å². The summed E-state index contributed by atoms with van der Waals surface area (Å²) >= 11 is 12.5. The molecule has 0 aromatic heterocycles. The zero-order chi connectivity index (χ0) is 45.1. The minimum Gasteiger partial charge on any atom is -0.465 e. The van der Waals surface area contributed by atoms with Crippen molar-refractivity contribution in [3.05, 3.63) is 128 Å². The Labute approximate surface area is 368 Å². The molecule has 4 aromatic carbocycles. The highest BCUT2D eigenvalue weighted by atomic mass is 35.5. The Kier molecular flexibility index (Phi) is 17.1. The van der Waals surface area contributed by atoms with E-state index in [1.807, 2.05) is 0 Å². The normalized spacial score (nSPS) is 14.5. The first-order valence-corrected chi connectivity index (χ1v) is 20.8. The monoisotopic (exact) mass is 901 g/mol. The van der Waals surface area contributed by atoms with Crippen molar-refractivity contribution in [3.63, 3.8) is 0 Å². The fourth-order valence-electron chi connectivity index (χ4n) is 6.99. The lowest BCUT2D eigenvalue weighted by Crippen LogP contribution is -2.52. The molecule has 0 spiro atoms. The summed E-state index contributed by atoms with van der Waals surface area (Å²) in [5.74, 6) is -3.40. The topological polar surface area (TPSA) is 123 Å². The molecule has 2 saturated heterocycles. The Morgan fingerprint density at radius 3 is 1.37 bits per heavy atom. The number of carbonyl (C=O) groups excluding carboxylic acids is 4. The standard InChI is InChI=1S/C22H25ClF2N4O2.C22H24ClF2N3O3/c1-2-27-7-9-28(10-8-27)22(31)29(20-6-5-17(24)12-18(20)23)14-16-4-3-15(11-19(16)25)21(30)13-26;1-3-26-8-10-27(11-9-26)22(30)28(20-7-6-17(24)13-18(20)23)14-16-5-4-15(12-19(16)25)21(29)31-2/h3-6,11-12H,2,7-10,13-14,26H2,1H3;4-7,12-13H,3,8-11,14H2,1-2H3. The lowest BCUT2D eigenvalue weighted by Gasteiger charge is -2.37. The number of halogens is 6. The van der Waals surface area contributed by atoms with Crippen LogP contribution < -0.4 is 15.5 Å². The van der Waals surface area contributed by atoms with E-state index in [1.165, 1.54) is 65.4 Å². The SMILES string of the molecule is CCN1CCN(C(=O)N(Cc2ccc(C(=O)CN)cc2F)c2ccc(F)cc2Cl)CC1.CCN1CCN(C(=O)N(Cc2ccc(C(=O)OC)cc2F)c2ccc(F)cc2Cl)CC1. The number of Topliss-reactive ketones (excluding diaryl/α,β-unsaturated/α-hetero) is 1. The number of ketones is 1. The van der Waals surface area contributed by atoms with Crippen LogP contribution in [0.1, 0.15) is 45.7 Å². The molecule has 0 radical (unpaired) electrons. The Hall–Kier alpha value is -5.26. The van der Waals surface area contributed by atoms with E-state index in [-0.39, 0.29) is 81.2 Å². The Balaban J connectivity index is 0.000000234. The van der Waals surface area contributed by atoms with E-state index >= 15 is 0 Å². The van der Waals surface area contributed by atoms with Gasteiger partial charge < -0.3 is 30.1 Å². The first kappa shape index (κ1) is 47.8. The number of anilines is 2. The summed E-state index contributed by atoms with van der Waals surface area (Å²) in [6.07, 6.45) is 0. The first-order valence-electron chi connectivity index (χ1n) is 20.0. The van der Waals surface area contributed by atoms with Gasteiger partial charge in [0.15, 0.2) is 5.78 Å². The summed E-state index contributed by atoms with van der Waals surface area (Å²) < 4.78 is 61.3. The zero-order valence-electron chi connectivity index (χ0n) is 34.7. The van der Waals surface area contributed by atoms with Crippen LogP contribution in [0.15, 0.2) is 72.8 Å². The Morgan fingerprint density at radius 1 is 0.613 bits per heavy atom. The van der Waals surface area contributed by atoms with Crippen LogP contribution in [0.4, 0.5) is 38.5 Å². The maximum Gasteiger partial charge on any atom is 0.337 e. The fraction of sp³-hybridized carbons (Fsp3) is 0.364. The van der Waals surface area contributed by atoms with E-state index in [4.69, 9.17) is 28.9 Å². The van der Waals surface area contributed by atoms with Crippen LogP contribution in [0, 0.1) is 23.3 Å². The number of rotatable bonds is 11. The van der Waals surface area contributed by atoms with Crippen LogP contribution in [0.2, 0.25) is 10.0 Å². The molecule has 0 atom stereocenters. The average Bonchev–Trinajstić information content (AvgIpc) is 3.28. The number of likely N-dealkylation sites (N-methyl/N-ethyl adjacent to an activating group) is 2. The number of urea groups is 2. The lowest BCUT2D eigenvalue weighted by molar-refractivity contribution is 0.0600. The molecule has 0 bridgehead atoms. The van der Waals surface area contributed by atoms with Gasteiger partial charge in [-0.15, -0.1) is 0 Å². The number of nitrogens with two attached hydrogens (primary N) is 1. The number of carbonyl (C=O) groups is 4. The van der Waals surface area contributed by atoms with Crippen LogP contribution in [-0.2, 0) is 17.8 Å². The smallest absolute Gasteiger partial charge is 0.337 e. The number of nitrogens with zero attached hydrogens (tertiary/aromatic N) is 6. The van der Waals surface area contributed by atoms with Gasteiger partial charge in [-0.3, -0.25) is 14.6 Å². The van der Waals surface area contributed by atoms with Crippen LogP contribution in [0.5, 0.6) is 0 Å². The lowest BCUT2D eigenvalue weighted by atomic mass is 10.1. The largest absolute Gasteiger partial charge is 0.465 e. The van der Waals surface area contributed by atoms with Gasteiger partial charge in [0, 0.05) is 69.0 Å². The second-order valence-corrected chi connectivity index (χ2v) is 15.3. The average molecular weight is 903 g/mol. The molecule has 18 heteroatoms. The molecule has 62 heavy (non-hydrogen) atoms. The summed E-state index contributed by atoms with van der Waals surface area (Å²) in [4.78, 5) is 60.6. The van der Waals surface area contributed by atoms with Crippen LogP contribution in [0.25, 0.3) is 0 Å². The zero-order valence-corrected chi connectivity index (χ0v) is 36.2. The number of piperazine rings is 2. The minimum absolute atomic E-state index is 0.0483. The molecule has 2 fully saturated rings.